The van der Waals surface area contributed by atoms with Crippen molar-refractivity contribution in [3.05, 3.63) is 33.2 Å². The van der Waals surface area contributed by atoms with Crippen LogP contribution in [0, 0.1) is 0 Å². The first-order valence-corrected chi connectivity index (χ1v) is 6.93. The minimum absolute atomic E-state index is 0.133. The van der Waals surface area contributed by atoms with E-state index in [1.165, 1.54) is 10.9 Å². The van der Waals surface area contributed by atoms with Crippen molar-refractivity contribution in [1.82, 2.24) is 24.5 Å². The van der Waals surface area contributed by atoms with E-state index in [-0.39, 0.29) is 18.7 Å². The lowest BCUT2D eigenvalue weighted by Gasteiger charge is -2.10. The Labute approximate surface area is 123 Å². The lowest BCUT2D eigenvalue weighted by molar-refractivity contribution is 0.266. The maximum Gasteiger partial charge on any atom is 0.283 e. The molecule has 8 nitrogen and oxygen atoms in total. The highest BCUT2D eigenvalue weighted by molar-refractivity contribution is 9.10. The lowest BCUT2D eigenvalue weighted by Crippen LogP contribution is -2.26. The Morgan fingerprint density at radius 1 is 1.50 bits per heavy atom. The normalized spacial score (nSPS) is 10.8. The molecule has 0 amide bonds. The molecular weight excluding hydrogens is 328 g/mol. The van der Waals surface area contributed by atoms with Gasteiger partial charge < -0.3 is 15.0 Å². The van der Waals surface area contributed by atoms with E-state index in [1.54, 1.807) is 6.33 Å². The van der Waals surface area contributed by atoms with Crippen LogP contribution in [0.25, 0.3) is 0 Å². The SMILES string of the molecule is CCn1cnnc1CNc1cnn(CCO)c(=O)c1Br. The summed E-state index contributed by atoms with van der Waals surface area (Å²) in [6, 6.07) is 0. The number of anilines is 1. The highest BCUT2D eigenvalue weighted by Gasteiger charge is 2.09. The van der Waals surface area contributed by atoms with E-state index in [4.69, 9.17) is 5.11 Å². The maximum atomic E-state index is 11.9. The van der Waals surface area contributed by atoms with Crippen molar-refractivity contribution in [1.29, 1.82) is 0 Å². The number of aromatic nitrogens is 5. The third kappa shape index (κ3) is 3.05. The monoisotopic (exact) mass is 342 g/mol. The molecule has 2 N–H and O–H groups in total. The average Bonchev–Trinajstić information content (AvgIpc) is 2.91. The van der Waals surface area contributed by atoms with Gasteiger partial charge in [0.1, 0.15) is 10.8 Å². The van der Waals surface area contributed by atoms with Gasteiger partial charge in [-0.25, -0.2) is 4.68 Å². The highest BCUT2D eigenvalue weighted by atomic mass is 79.9. The van der Waals surface area contributed by atoms with E-state index in [0.717, 1.165) is 12.4 Å². The number of halogens is 1. The van der Waals surface area contributed by atoms with Crippen LogP contribution in [-0.2, 0) is 19.6 Å². The smallest absolute Gasteiger partial charge is 0.283 e. The van der Waals surface area contributed by atoms with E-state index in [1.807, 2.05) is 11.5 Å². The van der Waals surface area contributed by atoms with E-state index in [2.05, 4.69) is 36.5 Å². The molecule has 108 valence electrons. The van der Waals surface area contributed by atoms with E-state index < -0.39 is 0 Å². The molecule has 2 aromatic heterocycles. The Balaban J connectivity index is 2.14. The largest absolute Gasteiger partial charge is 0.394 e. The fourth-order valence-corrected chi connectivity index (χ4v) is 2.14. The molecule has 2 aromatic rings. The van der Waals surface area contributed by atoms with E-state index in [9.17, 15) is 4.79 Å². The molecule has 0 saturated heterocycles. The second-order valence-electron chi connectivity index (χ2n) is 4.01. The molecular formula is C11H15BrN6O2. The molecule has 0 atom stereocenters. The standard InChI is InChI=1S/C11H15BrN6O2/c1-2-17-7-14-16-9(17)6-13-8-5-15-18(3-4-19)11(20)10(8)12/h5,7,13,19H,2-4,6H2,1H3. The van der Waals surface area contributed by atoms with Crippen molar-refractivity contribution in [3.63, 3.8) is 0 Å². The Morgan fingerprint density at radius 2 is 2.30 bits per heavy atom. The zero-order valence-corrected chi connectivity index (χ0v) is 12.5. The van der Waals surface area contributed by atoms with Crippen LogP contribution >= 0.6 is 15.9 Å². The number of rotatable bonds is 6. The molecule has 0 aromatic carbocycles. The van der Waals surface area contributed by atoms with Crippen molar-refractivity contribution in [3.8, 4) is 0 Å². The van der Waals surface area contributed by atoms with Gasteiger partial charge in [0.15, 0.2) is 5.82 Å². The van der Waals surface area contributed by atoms with Crippen LogP contribution in [0.3, 0.4) is 0 Å². The van der Waals surface area contributed by atoms with Crippen LogP contribution in [0.4, 0.5) is 5.69 Å². The van der Waals surface area contributed by atoms with Gasteiger partial charge in [-0.1, -0.05) is 0 Å². The molecule has 2 heterocycles. The maximum absolute atomic E-state index is 11.9. The average molecular weight is 343 g/mol. The van der Waals surface area contributed by atoms with Gasteiger partial charge in [-0.05, 0) is 22.9 Å². The summed E-state index contributed by atoms with van der Waals surface area (Å²) in [5.74, 6) is 0.777. The Bertz CT molecular complexity index is 638. The molecule has 0 aliphatic carbocycles. The van der Waals surface area contributed by atoms with Crippen molar-refractivity contribution >= 4 is 21.6 Å². The molecule has 0 aliphatic heterocycles. The third-order valence-corrected chi connectivity index (χ3v) is 3.54. The van der Waals surface area contributed by atoms with Gasteiger partial charge in [0.05, 0.1) is 31.6 Å². The summed E-state index contributed by atoms with van der Waals surface area (Å²) in [6.45, 7) is 3.26. The zero-order chi connectivity index (χ0) is 14.5. The predicted molar refractivity (Wildman–Crippen MR) is 76.3 cm³/mol. The number of nitrogens with zero attached hydrogens (tertiary/aromatic N) is 5. The van der Waals surface area contributed by atoms with Crippen molar-refractivity contribution in [2.75, 3.05) is 11.9 Å². The first-order chi connectivity index (χ1) is 9.67. The Morgan fingerprint density at radius 3 is 3.00 bits per heavy atom. The molecule has 0 unspecified atom stereocenters. The van der Waals surface area contributed by atoms with Crippen LogP contribution in [-0.4, -0.2) is 36.3 Å². The lowest BCUT2D eigenvalue weighted by atomic mass is 10.4. The fraction of sp³-hybridized carbons (Fsp3) is 0.455. The molecule has 2 rings (SSSR count). The number of aryl methyl sites for hydroxylation is 1. The summed E-state index contributed by atoms with van der Waals surface area (Å²) in [7, 11) is 0. The van der Waals surface area contributed by atoms with Crippen molar-refractivity contribution in [2.24, 2.45) is 0 Å². The molecule has 0 aliphatic rings. The summed E-state index contributed by atoms with van der Waals surface area (Å²) in [4.78, 5) is 11.9. The molecule has 0 saturated carbocycles. The van der Waals surface area contributed by atoms with Crippen LogP contribution in [0.1, 0.15) is 12.7 Å². The third-order valence-electron chi connectivity index (χ3n) is 2.77. The van der Waals surface area contributed by atoms with Crippen LogP contribution in [0.2, 0.25) is 0 Å². The molecule has 0 bridgehead atoms. The second kappa shape index (κ2) is 6.62. The summed E-state index contributed by atoms with van der Waals surface area (Å²) in [6.07, 6.45) is 3.19. The number of hydrogen-bond donors (Lipinski definition) is 2. The topological polar surface area (TPSA) is 97.9 Å². The van der Waals surface area contributed by atoms with Crippen LogP contribution < -0.4 is 10.9 Å². The molecule has 20 heavy (non-hydrogen) atoms. The number of nitrogens with one attached hydrogen (secondary N) is 1. The van der Waals surface area contributed by atoms with Crippen molar-refractivity contribution in [2.45, 2.75) is 26.6 Å². The Hall–Kier alpha value is -1.74. The summed E-state index contributed by atoms with van der Waals surface area (Å²) in [5, 5.41) is 23.7. The fourth-order valence-electron chi connectivity index (χ4n) is 1.70. The number of aliphatic hydroxyl groups excluding tert-OH is 1. The van der Waals surface area contributed by atoms with Gasteiger partial charge in [0.2, 0.25) is 0 Å². The molecule has 0 fully saturated rings. The molecule has 9 heteroatoms. The number of aliphatic hydroxyl groups is 1. The first kappa shape index (κ1) is 14.7. The highest BCUT2D eigenvalue weighted by Crippen LogP contribution is 2.16. The summed E-state index contributed by atoms with van der Waals surface area (Å²) >= 11 is 3.24. The van der Waals surface area contributed by atoms with Crippen LogP contribution in [0.15, 0.2) is 21.8 Å². The van der Waals surface area contributed by atoms with Gasteiger partial charge in [0, 0.05) is 6.54 Å². The first-order valence-electron chi connectivity index (χ1n) is 6.14. The summed E-state index contributed by atoms with van der Waals surface area (Å²) < 4.78 is 3.48. The summed E-state index contributed by atoms with van der Waals surface area (Å²) in [5.41, 5.74) is 0.288. The van der Waals surface area contributed by atoms with E-state index >= 15 is 0 Å². The quantitative estimate of drug-likeness (QED) is 0.779. The van der Waals surface area contributed by atoms with Gasteiger partial charge >= 0.3 is 0 Å². The molecule has 0 radical (unpaired) electrons. The number of hydrogen-bond acceptors (Lipinski definition) is 6. The zero-order valence-electron chi connectivity index (χ0n) is 11.0. The Kier molecular flexibility index (Phi) is 4.85. The minimum atomic E-state index is -0.291. The predicted octanol–water partition coefficient (Wildman–Crippen LogP) is 0.222. The van der Waals surface area contributed by atoms with E-state index in [0.29, 0.717) is 16.7 Å². The molecule has 0 spiro atoms. The van der Waals surface area contributed by atoms with Gasteiger partial charge in [-0.2, -0.15) is 5.10 Å². The van der Waals surface area contributed by atoms with Crippen LogP contribution in [0.5, 0.6) is 0 Å². The van der Waals surface area contributed by atoms with Gasteiger partial charge in [0.25, 0.3) is 5.56 Å². The second-order valence-corrected chi connectivity index (χ2v) is 4.80. The minimum Gasteiger partial charge on any atom is -0.394 e. The van der Waals surface area contributed by atoms with Gasteiger partial charge in [-0.15, -0.1) is 10.2 Å². The van der Waals surface area contributed by atoms with Gasteiger partial charge in [-0.3, -0.25) is 4.79 Å². The van der Waals surface area contributed by atoms with Crippen molar-refractivity contribution < 1.29 is 5.11 Å².